The van der Waals surface area contributed by atoms with Crippen LogP contribution in [0.5, 0.6) is 0 Å². The van der Waals surface area contributed by atoms with Crippen LogP contribution in [0.4, 0.5) is 0 Å². The number of halogens is 1. The van der Waals surface area contributed by atoms with Crippen LogP contribution in [-0.4, -0.2) is 27.4 Å². The highest BCUT2D eigenvalue weighted by atomic mass is 35.5. The standard InChI is InChI=1S/C13H17N5O.ClH/c1-10(15-13(19)7-8-14)12-9-18(17-16-12)11-5-3-2-4-6-11;/h2-6,9-10H,7-8,14H2,1H3,(H,15,19);1H. The fraction of sp³-hybridized carbons (Fsp3) is 0.308. The molecule has 1 aromatic heterocycles. The summed E-state index contributed by atoms with van der Waals surface area (Å²) in [7, 11) is 0. The number of para-hydroxylation sites is 1. The molecule has 0 aliphatic rings. The average molecular weight is 296 g/mol. The molecule has 2 rings (SSSR count). The number of amides is 1. The number of nitrogens with one attached hydrogen (secondary N) is 1. The van der Waals surface area contributed by atoms with Gasteiger partial charge < -0.3 is 11.1 Å². The molecule has 108 valence electrons. The number of rotatable bonds is 5. The molecule has 1 amide bonds. The van der Waals surface area contributed by atoms with Gasteiger partial charge >= 0.3 is 0 Å². The highest BCUT2D eigenvalue weighted by Crippen LogP contribution is 2.11. The van der Waals surface area contributed by atoms with Crippen LogP contribution in [0.15, 0.2) is 36.5 Å². The molecule has 0 fully saturated rings. The van der Waals surface area contributed by atoms with Crippen LogP contribution in [0, 0.1) is 0 Å². The summed E-state index contributed by atoms with van der Waals surface area (Å²) in [6, 6.07) is 9.51. The van der Waals surface area contributed by atoms with Gasteiger partial charge in [-0.15, -0.1) is 17.5 Å². The summed E-state index contributed by atoms with van der Waals surface area (Å²) in [5, 5.41) is 11.0. The van der Waals surface area contributed by atoms with Crippen molar-refractivity contribution in [3.8, 4) is 5.69 Å². The van der Waals surface area contributed by atoms with E-state index in [0.717, 1.165) is 5.69 Å². The molecule has 0 aliphatic heterocycles. The predicted molar refractivity (Wildman–Crippen MR) is 78.8 cm³/mol. The van der Waals surface area contributed by atoms with E-state index in [1.54, 1.807) is 4.68 Å². The van der Waals surface area contributed by atoms with Gasteiger partial charge in [-0.3, -0.25) is 4.79 Å². The monoisotopic (exact) mass is 295 g/mol. The molecule has 0 spiro atoms. The number of nitrogens with zero attached hydrogens (tertiary/aromatic N) is 3. The van der Waals surface area contributed by atoms with Crippen LogP contribution in [-0.2, 0) is 4.79 Å². The Morgan fingerprint density at radius 1 is 1.40 bits per heavy atom. The van der Waals surface area contributed by atoms with Gasteiger partial charge in [-0.25, -0.2) is 4.68 Å². The number of aromatic nitrogens is 3. The van der Waals surface area contributed by atoms with Gasteiger partial charge in [0.05, 0.1) is 17.9 Å². The minimum Gasteiger partial charge on any atom is -0.348 e. The van der Waals surface area contributed by atoms with Gasteiger partial charge in [0, 0.05) is 13.0 Å². The molecule has 6 nitrogen and oxygen atoms in total. The van der Waals surface area contributed by atoms with Crippen LogP contribution in [0.3, 0.4) is 0 Å². The Kier molecular flexibility index (Phi) is 6.14. The van der Waals surface area contributed by atoms with Crippen LogP contribution in [0.2, 0.25) is 0 Å². The minimum absolute atomic E-state index is 0. The van der Waals surface area contributed by atoms with Crippen molar-refractivity contribution in [2.75, 3.05) is 6.54 Å². The van der Waals surface area contributed by atoms with Gasteiger partial charge in [-0.05, 0) is 19.1 Å². The van der Waals surface area contributed by atoms with Gasteiger partial charge in [-0.1, -0.05) is 23.4 Å². The van der Waals surface area contributed by atoms with Crippen molar-refractivity contribution in [1.29, 1.82) is 0 Å². The quantitative estimate of drug-likeness (QED) is 0.868. The van der Waals surface area contributed by atoms with Crippen molar-refractivity contribution in [3.05, 3.63) is 42.2 Å². The van der Waals surface area contributed by atoms with Crippen molar-refractivity contribution < 1.29 is 4.79 Å². The van der Waals surface area contributed by atoms with Gasteiger partial charge in [0.15, 0.2) is 0 Å². The lowest BCUT2D eigenvalue weighted by molar-refractivity contribution is -0.121. The second-order valence-corrected chi connectivity index (χ2v) is 4.25. The second kappa shape index (κ2) is 7.62. The Balaban J connectivity index is 0.00000200. The van der Waals surface area contributed by atoms with E-state index >= 15 is 0 Å². The lowest BCUT2D eigenvalue weighted by Crippen LogP contribution is -2.28. The number of carbonyl (C=O) groups excluding carboxylic acids is 1. The largest absolute Gasteiger partial charge is 0.348 e. The Labute approximate surface area is 123 Å². The van der Waals surface area contributed by atoms with Gasteiger partial charge in [0.1, 0.15) is 5.69 Å². The van der Waals surface area contributed by atoms with Crippen LogP contribution >= 0.6 is 12.4 Å². The zero-order chi connectivity index (χ0) is 13.7. The zero-order valence-electron chi connectivity index (χ0n) is 11.2. The summed E-state index contributed by atoms with van der Waals surface area (Å²) >= 11 is 0. The van der Waals surface area contributed by atoms with Crippen molar-refractivity contribution in [2.45, 2.75) is 19.4 Å². The van der Waals surface area contributed by atoms with Gasteiger partial charge in [0.2, 0.25) is 5.91 Å². The number of nitrogens with two attached hydrogens (primary N) is 1. The normalized spacial score (nSPS) is 11.5. The maximum absolute atomic E-state index is 11.5. The van der Waals surface area contributed by atoms with E-state index in [0.29, 0.717) is 18.7 Å². The van der Waals surface area contributed by atoms with E-state index in [2.05, 4.69) is 15.6 Å². The summed E-state index contributed by atoms with van der Waals surface area (Å²) in [6.45, 7) is 2.21. The van der Waals surface area contributed by atoms with E-state index < -0.39 is 0 Å². The van der Waals surface area contributed by atoms with Crippen LogP contribution in [0.25, 0.3) is 5.69 Å². The Morgan fingerprint density at radius 3 is 2.75 bits per heavy atom. The lowest BCUT2D eigenvalue weighted by Gasteiger charge is -2.09. The van der Waals surface area contributed by atoms with Crippen molar-refractivity contribution in [1.82, 2.24) is 20.3 Å². The Hall–Kier alpha value is -1.92. The molecule has 1 aromatic carbocycles. The predicted octanol–water partition coefficient (Wildman–Crippen LogP) is 1.22. The second-order valence-electron chi connectivity index (χ2n) is 4.25. The molecule has 20 heavy (non-hydrogen) atoms. The summed E-state index contributed by atoms with van der Waals surface area (Å²) in [5.74, 6) is -0.0794. The van der Waals surface area contributed by atoms with E-state index in [4.69, 9.17) is 5.73 Å². The summed E-state index contributed by atoms with van der Waals surface area (Å²) in [5.41, 5.74) is 6.98. The molecule has 1 atom stereocenters. The van der Waals surface area contributed by atoms with E-state index in [1.165, 1.54) is 0 Å². The summed E-state index contributed by atoms with van der Waals surface area (Å²) in [4.78, 5) is 11.5. The summed E-state index contributed by atoms with van der Waals surface area (Å²) < 4.78 is 1.68. The first-order chi connectivity index (χ1) is 9.20. The first-order valence-electron chi connectivity index (χ1n) is 6.18. The topological polar surface area (TPSA) is 85.8 Å². The van der Waals surface area contributed by atoms with Crippen LogP contribution in [0.1, 0.15) is 25.1 Å². The highest BCUT2D eigenvalue weighted by Gasteiger charge is 2.13. The van der Waals surface area contributed by atoms with Gasteiger partial charge in [0.25, 0.3) is 0 Å². The molecular weight excluding hydrogens is 278 g/mol. The van der Waals surface area contributed by atoms with E-state index in [9.17, 15) is 4.79 Å². The number of benzene rings is 1. The lowest BCUT2D eigenvalue weighted by atomic mass is 10.2. The van der Waals surface area contributed by atoms with Gasteiger partial charge in [-0.2, -0.15) is 0 Å². The average Bonchev–Trinajstić information content (AvgIpc) is 2.89. The van der Waals surface area contributed by atoms with Crippen molar-refractivity contribution in [3.63, 3.8) is 0 Å². The molecule has 2 aromatic rings. The maximum atomic E-state index is 11.5. The third-order valence-corrected chi connectivity index (χ3v) is 2.72. The number of carbonyl (C=O) groups is 1. The van der Waals surface area contributed by atoms with Crippen LogP contribution < -0.4 is 11.1 Å². The fourth-order valence-electron chi connectivity index (χ4n) is 1.70. The SMILES string of the molecule is CC(NC(=O)CCN)c1cn(-c2ccccc2)nn1.Cl. The molecule has 0 bridgehead atoms. The Morgan fingerprint density at radius 2 is 2.10 bits per heavy atom. The third-order valence-electron chi connectivity index (χ3n) is 2.72. The Bertz CT molecular complexity index is 543. The minimum atomic E-state index is -0.184. The molecule has 0 saturated heterocycles. The smallest absolute Gasteiger partial charge is 0.221 e. The zero-order valence-corrected chi connectivity index (χ0v) is 12.0. The summed E-state index contributed by atoms with van der Waals surface area (Å²) in [6.07, 6.45) is 2.12. The first-order valence-corrected chi connectivity index (χ1v) is 6.18. The molecule has 1 unspecified atom stereocenters. The number of hydrogen-bond donors (Lipinski definition) is 2. The third kappa shape index (κ3) is 4.04. The maximum Gasteiger partial charge on any atom is 0.221 e. The van der Waals surface area contributed by atoms with E-state index in [1.807, 2.05) is 43.5 Å². The van der Waals surface area contributed by atoms with Crippen molar-refractivity contribution in [2.24, 2.45) is 5.73 Å². The molecule has 3 N–H and O–H groups in total. The molecule has 0 saturated carbocycles. The fourth-order valence-corrected chi connectivity index (χ4v) is 1.70. The van der Waals surface area contributed by atoms with E-state index in [-0.39, 0.29) is 24.4 Å². The molecule has 7 heteroatoms. The highest BCUT2D eigenvalue weighted by molar-refractivity contribution is 5.85. The first kappa shape index (κ1) is 16.1. The molecule has 0 radical (unpaired) electrons. The van der Waals surface area contributed by atoms with Crippen molar-refractivity contribution >= 4 is 18.3 Å². The molecule has 0 aliphatic carbocycles. The molecule has 1 heterocycles. The number of hydrogen-bond acceptors (Lipinski definition) is 4. The molecular formula is C13H18ClN5O.